The lowest BCUT2D eigenvalue weighted by Gasteiger charge is -2.32. The van der Waals surface area contributed by atoms with Crippen LogP contribution in [0.15, 0.2) is 59.7 Å². The van der Waals surface area contributed by atoms with Gasteiger partial charge in [0.1, 0.15) is 11.5 Å². The van der Waals surface area contributed by atoms with Crippen LogP contribution in [-0.2, 0) is 0 Å². The third kappa shape index (κ3) is 4.29. The second-order valence-electron chi connectivity index (χ2n) is 6.73. The fourth-order valence-electron chi connectivity index (χ4n) is 3.24. The van der Waals surface area contributed by atoms with Gasteiger partial charge in [-0.2, -0.15) is 9.78 Å². The van der Waals surface area contributed by atoms with Crippen LogP contribution in [0.4, 0.5) is 10.3 Å². The van der Waals surface area contributed by atoms with Crippen molar-refractivity contribution in [2.24, 2.45) is 0 Å². The number of amides is 1. The van der Waals surface area contributed by atoms with E-state index in [1.807, 2.05) is 0 Å². The van der Waals surface area contributed by atoms with Gasteiger partial charge in [0.15, 0.2) is 0 Å². The minimum Gasteiger partial charge on any atom is -0.348 e. The first-order valence-corrected chi connectivity index (χ1v) is 9.29. The minimum absolute atomic E-state index is 0.00420. The zero-order valence-electron chi connectivity index (χ0n) is 15.5. The van der Waals surface area contributed by atoms with E-state index in [1.54, 1.807) is 18.5 Å². The van der Waals surface area contributed by atoms with Crippen LogP contribution >= 0.6 is 0 Å². The van der Waals surface area contributed by atoms with Crippen molar-refractivity contribution in [3.8, 4) is 5.69 Å². The molecule has 1 aromatic carbocycles. The highest BCUT2D eigenvalue weighted by Gasteiger charge is 2.23. The number of hydrogen-bond donors (Lipinski definition) is 1. The first-order chi connectivity index (χ1) is 14.1. The Labute approximate surface area is 166 Å². The predicted octanol–water partition coefficient (Wildman–Crippen LogP) is 1.56. The smallest absolute Gasteiger partial charge is 0.271 e. The highest BCUT2D eigenvalue weighted by molar-refractivity contribution is 5.92. The lowest BCUT2D eigenvalue weighted by atomic mass is 10.1. The maximum absolute atomic E-state index is 13.1. The summed E-state index contributed by atoms with van der Waals surface area (Å²) in [6.45, 7) is 1.47. The van der Waals surface area contributed by atoms with Crippen molar-refractivity contribution in [3.05, 3.63) is 76.7 Å². The van der Waals surface area contributed by atoms with Crippen LogP contribution in [0.25, 0.3) is 5.69 Å². The van der Waals surface area contributed by atoms with Gasteiger partial charge in [0.25, 0.3) is 11.5 Å². The normalized spacial score (nSPS) is 14.6. The summed E-state index contributed by atoms with van der Waals surface area (Å²) in [6.07, 6.45) is 4.92. The molecule has 0 spiro atoms. The van der Waals surface area contributed by atoms with E-state index in [0.29, 0.717) is 11.6 Å². The van der Waals surface area contributed by atoms with Gasteiger partial charge in [-0.25, -0.2) is 14.4 Å². The molecule has 148 valence electrons. The van der Waals surface area contributed by atoms with E-state index >= 15 is 0 Å². The molecule has 8 nitrogen and oxygen atoms in total. The van der Waals surface area contributed by atoms with Crippen LogP contribution in [0, 0.1) is 5.82 Å². The SMILES string of the molecule is O=C(NC1CCN(c2ncccn2)CC1)c1ccc(=O)n(-c2ccc(F)cc2)n1. The maximum Gasteiger partial charge on any atom is 0.271 e. The summed E-state index contributed by atoms with van der Waals surface area (Å²) in [4.78, 5) is 35.3. The highest BCUT2D eigenvalue weighted by atomic mass is 19.1. The van der Waals surface area contributed by atoms with Crippen LogP contribution in [0.3, 0.4) is 0 Å². The number of aromatic nitrogens is 4. The second kappa shape index (κ2) is 8.17. The Morgan fingerprint density at radius 2 is 1.72 bits per heavy atom. The molecule has 4 rings (SSSR count). The van der Waals surface area contributed by atoms with Crippen LogP contribution in [0.1, 0.15) is 23.3 Å². The number of carbonyl (C=O) groups excluding carboxylic acids is 1. The van der Waals surface area contributed by atoms with Crippen molar-refractivity contribution in [1.29, 1.82) is 0 Å². The molecule has 1 aliphatic heterocycles. The van der Waals surface area contributed by atoms with E-state index in [1.165, 1.54) is 36.4 Å². The number of nitrogens with one attached hydrogen (secondary N) is 1. The van der Waals surface area contributed by atoms with E-state index in [4.69, 9.17) is 0 Å². The summed E-state index contributed by atoms with van der Waals surface area (Å²) < 4.78 is 14.2. The molecule has 0 unspecified atom stereocenters. The molecule has 0 atom stereocenters. The number of carbonyl (C=O) groups is 1. The Balaban J connectivity index is 1.42. The molecule has 0 radical (unpaired) electrons. The van der Waals surface area contributed by atoms with Gasteiger partial charge in [-0.1, -0.05) is 0 Å². The van der Waals surface area contributed by atoms with Crippen molar-refractivity contribution in [2.75, 3.05) is 18.0 Å². The summed E-state index contributed by atoms with van der Waals surface area (Å²) in [5, 5.41) is 7.11. The van der Waals surface area contributed by atoms with Gasteiger partial charge >= 0.3 is 0 Å². The number of hydrogen-bond acceptors (Lipinski definition) is 6. The fraction of sp³-hybridized carbons (Fsp3) is 0.250. The summed E-state index contributed by atoms with van der Waals surface area (Å²) in [6, 6.07) is 9.79. The number of benzene rings is 1. The molecule has 2 aromatic heterocycles. The molecule has 3 aromatic rings. The lowest BCUT2D eigenvalue weighted by Crippen LogP contribution is -2.45. The third-order valence-corrected chi connectivity index (χ3v) is 4.77. The summed E-state index contributed by atoms with van der Waals surface area (Å²) in [7, 11) is 0. The van der Waals surface area contributed by atoms with E-state index in [2.05, 4.69) is 25.3 Å². The van der Waals surface area contributed by atoms with Gasteiger partial charge in [0, 0.05) is 37.6 Å². The first kappa shape index (κ1) is 18.7. The molecular weight excluding hydrogens is 375 g/mol. The number of halogens is 1. The molecule has 0 bridgehead atoms. The molecule has 1 N–H and O–H groups in total. The molecule has 0 saturated carbocycles. The Morgan fingerprint density at radius 3 is 2.41 bits per heavy atom. The maximum atomic E-state index is 13.1. The second-order valence-corrected chi connectivity index (χ2v) is 6.73. The molecule has 29 heavy (non-hydrogen) atoms. The zero-order valence-corrected chi connectivity index (χ0v) is 15.5. The number of piperidine rings is 1. The van der Waals surface area contributed by atoms with Crippen LogP contribution in [0.2, 0.25) is 0 Å². The quantitative estimate of drug-likeness (QED) is 0.722. The largest absolute Gasteiger partial charge is 0.348 e. The number of nitrogens with zero attached hydrogens (tertiary/aromatic N) is 5. The third-order valence-electron chi connectivity index (χ3n) is 4.77. The predicted molar refractivity (Wildman–Crippen MR) is 105 cm³/mol. The van der Waals surface area contributed by atoms with E-state index in [-0.39, 0.29) is 17.6 Å². The van der Waals surface area contributed by atoms with Gasteiger partial charge in [-0.3, -0.25) is 9.59 Å². The molecule has 9 heteroatoms. The van der Waals surface area contributed by atoms with Crippen molar-refractivity contribution >= 4 is 11.9 Å². The first-order valence-electron chi connectivity index (χ1n) is 9.29. The summed E-state index contributed by atoms with van der Waals surface area (Å²) >= 11 is 0. The standard InChI is InChI=1S/C20H19FN6O2/c21-14-2-4-16(5-3-14)27-18(28)7-6-17(25-27)19(29)24-15-8-12-26(13-9-15)20-22-10-1-11-23-20/h1-7,10-11,15H,8-9,12-13H2,(H,24,29). The molecule has 1 aliphatic rings. The van der Waals surface area contributed by atoms with Gasteiger partial charge in [-0.05, 0) is 49.2 Å². The molecular formula is C20H19FN6O2. The minimum atomic E-state index is -0.414. The van der Waals surface area contributed by atoms with Gasteiger partial charge in [0.2, 0.25) is 5.95 Å². The van der Waals surface area contributed by atoms with Crippen LogP contribution < -0.4 is 15.8 Å². The van der Waals surface area contributed by atoms with Crippen LogP contribution in [0.5, 0.6) is 0 Å². The van der Waals surface area contributed by atoms with E-state index < -0.39 is 11.4 Å². The van der Waals surface area contributed by atoms with Gasteiger partial charge in [0.05, 0.1) is 5.69 Å². The topological polar surface area (TPSA) is 93.0 Å². The Hall–Kier alpha value is -3.62. The average Bonchev–Trinajstić information content (AvgIpc) is 2.76. The Morgan fingerprint density at radius 1 is 1.03 bits per heavy atom. The Bertz CT molecular complexity index is 1050. The molecule has 0 aliphatic carbocycles. The summed E-state index contributed by atoms with van der Waals surface area (Å²) in [5.41, 5.74) is 0.120. The monoisotopic (exact) mass is 394 g/mol. The Kier molecular flexibility index (Phi) is 5.28. The molecule has 1 fully saturated rings. The average molecular weight is 394 g/mol. The van der Waals surface area contributed by atoms with Gasteiger partial charge in [-0.15, -0.1) is 0 Å². The van der Waals surface area contributed by atoms with Crippen molar-refractivity contribution in [3.63, 3.8) is 0 Å². The number of anilines is 1. The van der Waals surface area contributed by atoms with Crippen molar-refractivity contribution in [2.45, 2.75) is 18.9 Å². The van der Waals surface area contributed by atoms with Crippen molar-refractivity contribution < 1.29 is 9.18 Å². The van der Waals surface area contributed by atoms with E-state index in [0.717, 1.165) is 30.6 Å². The number of rotatable bonds is 4. The van der Waals surface area contributed by atoms with Crippen LogP contribution in [-0.4, -0.2) is 44.8 Å². The van der Waals surface area contributed by atoms with E-state index in [9.17, 15) is 14.0 Å². The van der Waals surface area contributed by atoms with Crippen molar-refractivity contribution in [1.82, 2.24) is 25.1 Å². The molecule has 3 heterocycles. The lowest BCUT2D eigenvalue weighted by molar-refractivity contribution is 0.0924. The van der Waals surface area contributed by atoms with Gasteiger partial charge < -0.3 is 10.2 Å². The summed E-state index contributed by atoms with van der Waals surface area (Å²) in [5.74, 6) is -0.0801. The highest BCUT2D eigenvalue weighted by Crippen LogP contribution is 2.15. The molecule has 1 saturated heterocycles. The fourth-order valence-corrected chi connectivity index (χ4v) is 3.24. The molecule has 1 amide bonds. The zero-order chi connectivity index (χ0) is 20.2.